The molecule has 1 heterocycles. The molecular formula is C13H13ClN2O. The number of aromatic nitrogens is 1. The molecule has 0 atom stereocenters. The Kier molecular flexibility index (Phi) is 4.22. The minimum absolute atomic E-state index is 0.592. The molecule has 3 nitrogen and oxygen atoms in total. The van der Waals surface area contributed by atoms with Gasteiger partial charge >= 0.3 is 0 Å². The minimum atomic E-state index is 0.592. The van der Waals surface area contributed by atoms with Crippen molar-refractivity contribution >= 4 is 17.4 Å². The molecule has 0 aliphatic rings. The highest BCUT2D eigenvalue weighted by Gasteiger charge is 1.94. The highest BCUT2D eigenvalue weighted by atomic mass is 35.5. The van der Waals surface area contributed by atoms with Crippen LogP contribution in [-0.2, 0) is 0 Å². The topological polar surface area (TPSA) is 34.1 Å². The standard InChI is InChI=1S/C13H13ClN2O/c14-11-6-7-13(16-10-11)15-8-9-17-12-4-2-1-3-5-12/h1-7,10H,8-9H2,(H,15,16). The summed E-state index contributed by atoms with van der Waals surface area (Å²) in [4.78, 5) is 4.12. The Morgan fingerprint density at radius 1 is 1.12 bits per heavy atom. The zero-order chi connectivity index (χ0) is 11.9. The normalized spacial score (nSPS) is 9.94. The molecule has 0 fully saturated rings. The third-order valence-corrected chi connectivity index (χ3v) is 2.37. The fourth-order valence-electron chi connectivity index (χ4n) is 1.35. The molecule has 0 radical (unpaired) electrons. The summed E-state index contributed by atoms with van der Waals surface area (Å²) in [6.45, 7) is 1.29. The van der Waals surface area contributed by atoms with Crippen LogP contribution in [-0.4, -0.2) is 18.1 Å². The molecule has 0 amide bonds. The van der Waals surface area contributed by atoms with E-state index in [4.69, 9.17) is 16.3 Å². The summed E-state index contributed by atoms with van der Waals surface area (Å²) >= 11 is 5.74. The summed E-state index contributed by atoms with van der Waals surface area (Å²) in [7, 11) is 0. The van der Waals surface area contributed by atoms with Gasteiger partial charge in [-0.25, -0.2) is 4.98 Å². The summed E-state index contributed by atoms with van der Waals surface area (Å²) in [6, 6.07) is 13.4. The van der Waals surface area contributed by atoms with Gasteiger partial charge in [0.25, 0.3) is 0 Å². The second-order valence-electron chi connectivity index (χ2n) is 3.45. The van der Waals surface area contributed by atoms with Gasteiger partial charge in [-0.15, -0.1) is 0 Å². The zero-order valence-corrected chi connectivity index (χ0v) is 10.0. The van der Waals surface area contributed by atoms with Gasteiger partial charge in [-0.05, 0) is 24.3 Å². The number of rotatable bonds is 5. The average Bonchev–Trinajstić information content (AvgIpc) is 2.38. The molecule has 0 unspecified atom stereocenters. The van der Waals surface area contributed by atoms with Gasteiger partial charge in [0.2, 0.25) is 0 Å². The maximum atomic E-state index is 5.74. The van der Waals surface area contributed by atoms with Crippen LogP contribution in [0.5, 0.6) is 5.75 Å². The molecule has 1 aromatic carbocycles. The molecule has 1 N–H and O–H groups in total. The fourth-order valence-corrected chi connectivity index (χ4v) is 1.46. The second kappa shape index (κ2) is 6.11. The third kappa shape index (κ3) is 3.96. The second-order valence-corrected chi connectivity index (χ2v) is 3.89. The van der Waals surface area contributed by atoms with Crippen molar-refractivity contribution in [2.45, 2.75) is 0 Å². The van der Waals surface area contributed by atoms with Crippen LogP contribution in [0, 0.1) is 0 Å². The maximum absolute atomic E-state index is 5.74. The number of hydrogen-bond donors (Lipinski definition) is 1. The molecule has 0 aliphatic heterocycles. The zero-order valence-electron chi connectivity index (χ0n) is 9.27. The summed E-state index contributed by atoms with van der Waals surface area (Å²) in [6.07, 6.45) is 1.61. The summed E-state index contributed by atoms with van der Waals surface area (Å²) in [5.41, 5.74) is 0. The number of pyridine rings is 1. The van der Waals surface area contributed by atoms with Crippen molar-refractivity contribution in [3.05, 3.63) is 53.7 Å². The Hall–Kier alpha value is -1.74. The molecule has 0 bridgehead atoms. The predicted octanol–water partition coefficient (Wildman–Crippen LogP) is 3.23. The van der Waals surface area contributed by atoms with Crippen LogP contribution in [0.1, 0.15) is 0 Å². The van der Waals surface area contributed by atoms with Crippen LogP contribution in [0.2, 0.25) is 5.02 Å². The fraction of sp³-hybridized carbons (Fsp3) is 0.154. The highest BCUT2D eigenvalue weighted by Crippen LogP contribution is 2.10. The van der Waals surface area contributed by atoms with E-state index in [1.54, 1.807) is 12.3 Å². The van der Waals surface area contributed by atoms with Gasteiger partial charge in [-0.2, -0.15) is 0 Å². The number of benzene rings is 1. The predicted molar refractivity (Wildman–Crippen MR) is 69.7 cm³/mol. The van der Waals surface area contributed by atoms with E-state index in [2.05, 4.69) is 10.3 Å². The van der Waals surface area contributed by atoms with Gasteiger partial charge in [-0.1, -0.05) is 29.8 Å². The van der Waals surface area contributed by atoms with E-state index >= 15 is 0 Å². The number of para-hydroxylation sites is 1. The van der Waals surface area contributed by atoms with Gasteiger partial charge in [0.05, 0.1) is 11.6 Å². The first kappa shape index (κ1) is 11.7. The van der Waals surface area contributed by atoms with Crippen LogP contribution in [0.15, 0.2) is 48.7 Å². The molecule has 2 rings (SSSR count). The van der Waals surface area contributed by atoms with Gasteiger partial charge in [0.1, 0.15) is 18.2 Å². The molecule has 4 heteroatoms. The Morgan fingerprint density at radius 2 is 1.94 bits per heavy atom. The van der Waals surface area contributed by atoms with Crippen LogP contribution in [0.25, 0.3) is 0 Å². The monoisotopic (exact) mass is 248 g/mol. The van der Waals surface area contributed by atoms with Gasteiger partial charge in [0, 0.05) is 6.20 Å². The molecule has 0 aliphatic carbocycles. The molecule has 0 spiro atoms. The number of anilines is 1. The van der Waals surface area contributed by atoms with Crippen LogP contribution in [0.3, 0.4) is 0 Å². The Bertz CT molecular complexity index is 445. The molecule has 17 heavy (non-hydrogen) atoms. The Morgan fingerprint density at radius 3 is 2.65 bits per heavy atom. The first-order chi connectivity index (χ1) is 8.34. The van der Waals surface area contributed by atoms with Crippen molar-refractivity contribution in [3.8, 4) is 5.75 Å². The SMILES string of the molecule is Clc1ccc(NCCOc2ccccc2)nc1. The molecular weight excluding hydrogens is 236 g/mol. The Balaban J connectivity index is 1.71. The maximum Gasteiger partial charge on any atom is 0.126 e. The van der Waals surface area contributed by atoms with Crippen LogP contribution in [0.4, 0.5) is 5.82 Å². The highest BCUT2D eigenvalue weighted by molar-refractivity contribution is 6.30. The van der Waals surface area contributed by atoms with Crippen molar-refractivity contribution in [2.24, 2.45) is 0 Å². The van der Waals surface area contributed by atoms with E-state index in [0.29, 0.717) is 18.2 Å². The summed E-state index contributed by atoms with van der Waals surface area (Å²) in [5, 5.41) is 3.78. The van der Waals surface area contributed by atoms with Crippen LogP contribution < -0.4 is 10.1 Å². The molecule has 0 saturated carbocycles. The van der Waals surface area contributed by atoms with E-state index in [1.165, 1.54) is 0 Å². The summed E-state index contributed by atoms with van der Waals surface area (Å²) < 4.78 is 5.54. The van der Waals surface area contributed by atoms with Crippen molar-refractivity contribution in [1.82, 2.24) is 4.98 Å². The Labute approximate surface area is 105 Å². The van der Waals surface area contributed by atoms with Crippen molar-refractivity contribution < 1.29 is 4.74 Å². The van der Waals surface area contributed by atoms with Crippen LogP contribution >= 0.6 is 11.6 Å². The molecule has 1 aromatic heterocycles. The summed E-state index contributed by atoms with van der Waals surface area (Å²) in [5.74, 6) is 1.67. The van der Waals surface area contributed by atoms with E-state index in [-0.39, 0.29) is 0 Å². The number of halogens is 1. The van der Waals surface area contributed by atoms with Gasteiger partial charge < -0.3 is 10.1 Å². The average molecular weight is 249 g/mol. The minimum Gasteiger partial charge on any atom is -0.492 e. The van der Waals surface area contributed by atoms with Crippen molar-refractivity contribution in [3.63, 3.8) is 0 Å². The first-order valence-electron chi connectivity index (χ1n) is 5.38. The van der Waals surface area contributed by atoms with Crippen molar-refractivity contribution in [1.29, 1.82) is 0 Å². The number of ether oxygens (including phenoxy) is 1. The van der Waals surface area contributed by atoms with Gasteiger partial charge in [-0.3, -0.25) is 0 Å². The molecule has 2 aromatic rings. The first-order valence-corrected chi connectivity index (χ1v) is 5.76. The lowest BCUT2D eigenvalue weighted by atomic mass is 10.3. The van der Waals surface area contributed by atoms with E-state index in [1.807, 2.05) is 36.4 Å². The number of nitrogens with zero attached hydrogens (tertiary/aromatic N) is 1. The number of nitrogens with one attached hydrogen (secondary N) is 1. The molecule has 88 valence electrons. The largest absolute Gasteiger partial charge is 0.492 e. The van der Waals surface area contributed by atoms with E-state index < -0.39 is 0 Å². The van der Waals surface area contributed by atoms with Crippen molar-refractivity contribution in [2.75, 3.05) is 18.5 Å². The molecule has 0 saturated heterocycles. The quantitative estimate of drug-likeness (QED) is 0.825. The lowest BCUT2D eigenvalue weighted by molar-refractivity contribution is 0.333. The van der Waals surface area contributed by atoms with E-state index in [0.717, 1.165) is 11.6 Å². The smallest absolute Gasteiger partial charge is 0.126 e. The van der Waals surface area contributed by atoms with Gasteiger partial charge in [0.15, 0.2) is 0 Å². The number of hydrogen-bond acceptors (Lipinski definition) is 3. The lowest BCUT2D eigenvalue weighted by Crippen LogP contribution is -2.12. The third-order valence-electron chi connectivity index (χ3n) is 2.15. The van der Waals surface area contributed by atoms with E-state index in [9.17, 15) is 0 Å². The lowest BCUT2D eigenvalue weighted by Gasteiger charge is -2.07.